The molecule has 206 valence electrons. The summed E-state index contributed by atoms with van der Waals surface area (Å²) < 4.78 is 21.6. The largest absolute Gasteiger partial charge is 0.493 e. The number of benzene rings is 2. The number of ether oxygens (including phenoxy) is 4. The van der Waals surface area contributed by atoms with Crippen LogP contribution in [0.25, 0.3) is 0 Å². The van der Waals surface area contributed by atoms with Crippen LogP contribution in [0.4, 0.5) is 0 Å². The number of nitrogens with zero attached hydrogens (tertiary/aromatic N) is 2. The number of hydrogen-bond acceptors (Lipinski definition) is 7. The number of nitriles is 1. The Bertz CT molecular complexity index is 1110. The van der Waals surface area contributed by atoms with Crippen LogP contribution >= 0.6 is 11.8 Å². The molecule has 2 aromatic rings. The SMILES string of the molecule is COc1ccc(C(C#N)(CCCCCN2Cc3ccc(OC)c(OC)c3C2)SC2CCCCC2)cc1OC. The highest BCUT2D eigenvalue weighted by Crippen LogP contribution is 2.48. The third-order valence-corrected chi connectivity index (χ3v) is 9.71. The van der Waals surface area contributed by atoms with Gasteiger partial charge in [0.05, 0.1) is 34.5 Å². The molecule has 1 aliphatic carbocycles. The predicted octanol–water partition coefficient (Wildman–Crippen LogP) is 7.08. The average Bonchev–Trinajstić information content (AvgIpc) is 3.38. The van der Waals surface area contributed by atoms with Crippen molar-refractivity contribution in [1.82, 2.24) is 4.90 Å². The number of rotatable bonds is 13. The fourth-order valence-corrected chi connectivity index (χ4v) is 7.61. The van der Waals surface area contributed by atoms with Crippen LogP contribution in [-0.4, -0.2) is 45.1 Å². The third kappa shape index (κ3) is 6.35. The molecule has 0 amide bonds. The smallest absolute Gasteiger partial charge is 0.165 e. The van der Waals surface area contributed by atoms with Crippen LogP contribution in [0.1, 0.15) is 74.5 Å². The molecule has 0 spiro atoms. The molecular weight excluding hydrogens is 496 g/mol. The predicted molar refractivity (Wildman–Crippen MR) is 153 cm³/mol. The van der Waals surface area contributed by atoms with Crippen molar-refractivity contribution >= 4 is 11.8 Å². The van der Waals surface area contributed by atoms with Crippen LogP contribution in [0.5, 0.6) is 23.0 Å². The molecule has 6 nitrogen and oxygen atoms in total. The molecule has 1 saturated carbocycles. The minimum atomic E-state index is -0.574. The Balaban J connectivity index is 1.39. The summed E-state index contributed by atoms with van der Waals surface area (Å²) in [6.45, 7) is 2.87. The first-order valence-corrected chi connectivity index (χ1v) is 14.7. The molecule has 0 saturated heterocycles. The molecule has 1 fully saturated rings. The standard InChI is InChI=1S/C31H42N2O4S/c1-34-27-16-14-24(19-29(27)36-3)31(22-32,38-25-11-7-5-8-12-25)17-9-6-10-18-33-20-23-13-15-28(35-2)30(37-4)26(23)21-33/h13-16,19,25H,5-12,17-18,20-21H2,1-4H3. The summed E-state index contributed by atoms with van der Waals surface area (Å²) >= 11 is 1.89. The summed E-state index contributed by atoms with van der Waals surface area (Å²) in [4.78, 5) is 2.48. The van der Waals surface area contributed by atoms with E-state index in [1.165, 1.54) is 43.2 Å². The summed E-state index contributed by atoms with van der Waals surface area (Å²) in [7, 11) is 6.71. The van der Waals surface area contributed by atoms with E-state index in [2.05, 4.69) is 23.1 Å². The number of hydrogen-bond donors (Lipinski definition) is 0. The maximum absolute atomic E-state index is 10.6. The average molecular weight is 539 g/mol. The number of unbranched alkanes of at least 4 members (excludes halogenated alkanes) is 2. The summed E-state index contributed by atoms with van der Waals surface area (Å²) in [6.07, 6.45) is 10.3. The van der Waals surface area contributed by atoms with Gasteiger partial charge in [-0.3, -0.25) is 4.90 Å². The minimum Gasteiger partial charge on any atom is -0.493 e. The number of methoxy groups -OCH3 is 4. The zero-order valence-corrected chi connectivity index (χ0v) is 24.2. The van der Waals surface area contributed by atoms with Crippen molar-refractivity contribution < 1.29 is 18.9 Å². The molecule has 1 atom stereocenters. The van der Waals surface area contributed by atoms with Gasteiger partial charge >= 0.3 is 0 Å². The van der Waals surface area contributed by atoms with E-state index in [1.54, 1.807) is 28.4 Å². The van der Waals surface area contributed by atoms with Crippen molar-refractivity contribution in [1.29, 1.82) is 5.26 Å². The summed E-state index contributed by atoms with van der Waals surface area (Å²) in [5.41, 5.74) is 3.60. The minimum absolute atomic E-state index is 0.534. The van der Waals surface area contributed by atoms with Gasteiger partial charge in [0.2, 0.25) is 0 Å². The maximum Gasteiger partial charge on any atom is 0.165 e. The first-order chi connectivity index (χ1) is 18.6. The first kappa shape index (κ1) is 28.4. The molecule has 38 heavy (non-hydrogen) atoms. The van der Waals surface area contributed by atoms with Gasteiger partial charge in [-0.15, -0.1) is 11.8 Å². The second-order valence-electron chi connectivity index (χ2n) is 10.3. The van der Waals surface area contributed by atoms with E-state index in [0.717, 1.165) is 62.4 Å². The lowest BCUT2D eigenvalue weighted by Gasteiger charge is -2.33. The normalized spacial score (nSPS) is 17.3. The van der Waals surface area contributed by atoms with Crippen LogP contribution in [0.2, 0.25) is 0 Å². The van der Waals surface area contributed by atoms with Gasteiger partial charge in [0, 0.05) is 23.9 Å². The van der Waals surface area contributed by atoms with Crippen molar-refractivity contribution in [2.24, 2.45) is 0 Å². The number of fused-ring (bicyclic) bond motifs is 1. The van der Waals surface area contributed by atoms with Crippen molar-refractivity contribution in [3.8, 4) is 29.1 Å². The quantitative estimate of drug-likeness (QED) is 0.252. The van der Waals surface area contributed by atoms with Crippen LogP contribution in [-0.2, 0) is 17.8 Å². The third-order valence-electron chi connectivity index (χ3n) is 7.97. The fourth-order valence-electron chi connectivity index (χ4n) is 5.89. The van der Waals surface area contributed by atoms with Gasteiger partial charge in [0.25, 0.3) is 0 Å². The van der Waals surface area contributed by atoms with Crippen molar-refractivity contribution in [2.45, 2.75) is 80.9 Å². The lowest BCUT2D eigenvalue weighted by atomic mass is 9.92. The van der Waals surface area contributed by atoms with Gasteiger partial charge in [0.15, 0.2) is 23.0 Å². The zero-order chi connectivity index (χ0) is 27.0. The Kier molecular flexibility index (Phi) is 10.1. The second-order valence-corrected chi connectivity index (χ2v) is 11.9. The molecular formula is C31H42N2O4S. The molecule has 0 bridgehead atoms. The molecule has 2 aliphatic rings. The van der Waals surface area contributed by atoms with E-state index in [1.807, 2.05) is 30.0 Å². The topological polar surface area (TPSA) is 64.0 Å². The van der Waals surface area contributed by atoms with Gasteiger partial charge in [0.1, 0.15) is 4.75 Å². The highest BCUT2D eigenvalue weighted by molar-refractivity contribution is 8.01. The lowest BCUT2D eigenvalue weighted by Crippen LogP contribution is -2.25. The van der Waals surface area contributed by atoms with E-state index < -0.39 is 4.75 Å². The highest BCUT2D eigenvalue weighted by atomic mass is 32.2. The van der Waals surface area contributed by atoms with Crippen LogP contribution in [0, 0.1) is 11.3 Å². The molecule has 4 rings (SSSR count). The molecule has 1 unspecified atom stereocenters. The molecule has 1 heterocycles. The summed E-state index contributed by atoms with van der Waals surface area (Å²) in [5.74, 6) is 3.05. The van der Waals surface area contributed by atoms with Crippen molar-refractivity contribution in [3.05, 3.63) is 47.0 Å². The number of thioether (sulfide) groups is 1. The van der Waals surface area contributed by atoms with E-state index in [-0.39, 0.29) is 0 Å². The van der Waals surface area contributed by atoms with E-state index in [9.17, 15) is 5.26 Å². The Morgan fingerprint density at radius 1 is 0.868 bits per heavy atom. The van der Waals surface area contributed by atoms with Gasteiger partial charge in [-0.1, -0.05) is 44.2 Å². The van der Waals surface area contributed by atoms with Crippen molar-refractivity contribution in [3.63, 3.8) is 0 Å². The van der Waals surface area contributed by atoms with Crippen LogP contribution in [0.15, 0.2) is 30.3 Å². The van der Waals surface area contributed by atoms with Gasteiger partial charge in [-0.25, -0.2) is 0 Å². The molecule has 0 aromatic heterocycles. The zero-order valence-electron chi connectivity index (χ0n) is 23.4. The molecule has 7 heteroatoms. The van der Waals surface area contributed by atoms with Crippen LogP contribution in [0.3, 0.4) is 0 Å². The maximum atomic E-state index is 10.6. The molecule has 2 aromatic carbocycles. The Hall–Kier alpha value is -2.56. The van der Waals surface area contributed by atoms with Crippen LogP contribution < -0.4 is 18.9 Å². The monoisotopic (exact) mass is 538 g/mol. The Morgan fingerprint density at radius 3 is 2.29 bits per heavy atom. The molecule has 0 N–H and O–H groups in total. The first-order valence-electron chi connectivity index (χ1n) is 13.8. The lowest BCUT2D eigenvalue weighted by molar-refractivity contribution is 0.272. The van der Waals surface area contributed by atoms with Gasteiger partial charge in [-0.2, -0.15) is 5.26 Å². The molecule has 0 radical (unpaired) electrons. The highest BCUT2D eigenvalue weighted by Gasteiger charge is 2.37. The Labute approximate surface area is 232 Å². The van der Waals surface area contributed by atoms with E-state index in [0.29, 0.717) is 16.7 Å². The van der Waals surface area contributed by atoms with Crippen molar-refractivity contribution in [2.75, 3.05) is 35.0 Å². The second kappa shape index (κ2) is 13.5. The van der Waals surface area contributed by atoms with Gasteiger partial charge in [-0.05, 0) is 61.6 Å². The van der Waals surface area contributed by atoms with E-state index in [4.69, 9.17) is 18.9 Å². The molecule has 1 aliphatic heterocycles. The van der Waals surface area contributed by atoms with Gasteiger partial charge < -0.3 is 18.9 Å². The Morgan fingerprint density at radius 2 is 1.61 bits per heavy atom. The fraction of sp³-hybridized carbons (Fsp3) is 0.581. The summed E-state index contributed by atoms with van der Waals surface area (Å²) in [5, 5.41) is 11.1. The van der Waals surface area contributed by atoms with E-state index >= 15 is 0 Å². The summed E-state index contributed by atoms with van der Waals surface area (Å²) in [6, 6.07) is 12.9.